The maximum absolute atomic E-state index is 12.1. The van der Waals surface area contributed by atoms with Crippen molar-refractivity contribution in [2.75, 3.05) is 7.11 Å². The van der Waals surface area contributed by atoms with Gasteiger partial charge in [0.1, 0.15) is 5.75 Å². The van der Waals surface area contributed by atoms with Crippen LogP contribution in [0.15, 0.2) is 65.8 Å². The summed E-state index contributed by atoms with van der Waals surface area (Å²) in [5.74, 6) is 0.320. The molecule has 0 spiro atoms. The number of carbonyl (C=O) groups excluding carboxylic acids is 1. The summed E-state index contributed by atoms with van der Waals surface area (Å²) in [6, 6.07) is 18.6. The zero-order chi connectivity index (χ0) is 16.9. The van der Waals surface area contributed by atoms with Crippen LogP contribution in [0.4, 0.5) is 0 Å². The smallest absolute Gasteiger partial charge is 0.272 e. The average molecular weight is 339 g/mol. The summed E-state index contributed by atoms with van der Waals surface area (Å²) >= 11 is 6.01. The van der Waals surface area contributed by atoms with Crippen LogP contribution in [0.25, 0.3) is 10.8 Å². The van der Waals surface area contributed by atoms with Gasteiger partial charge in [-0.1, -0.05) is 54.1 Å². The van der Waals surface area contributed by atoms with Crippen LogP contribution < -0.4 is 10.2 Å². The largest absolute Gasteiger partial charge is 0.496 e. The first kappa shape index (κ1) is 16.0. The Kier molecular flexibility index (Phi) is 4.77. The Bertz CT molecular complexity index is 922. The average Bonchev–Trinajstić information content (AvgIpc) is 2.62. The van der Waals surface area contributed by atoms with Crippen molar-refractivity contribution < 1.29 is 9.53 Å². The fourth-order valence-corrected chi connectivity index (χ4v) is 2.67. The highest BCUT2D eigenvalue weighted by atomic mass is 35.5. The molecule has 5 heteroatoms. The minimum absolute atomic E-state index is 0.365. The van der Waals surface area contributed by atoms with E-state index in [1.165, 1.54) is 0 Å². The summed E-state index contributed by atoms with van der Waals surface area (Å²) in [6.07, 6.45) is 1.58. The summed E-state index contributed by atoms with van der Waals surface area (Å²) in [6.45, 7) is 0. The van der Waals surface area contributed by atoms with E-state index in [0.29, 0.717) is 16.3 Å². The molecule has 0 unspecified atom stereocenters. The Morgan fingerprint density at radius 3 is 2.62 bits per heavy atom. The molecule has 0 heterocycles. The fourth-order valence-electron chi connectivity index (χ4n) is 2.45. The molecule has 0 radical (unpaired) electrons. The molecule has 3 rings (SSSR count). The third-order valence-corrected chi connectivity index (χ3v) is 3.96. The zero-order valence-electron chi connectivity index (χ0n) is 13.0. The Morgan fingerprint density at radius 2 is 1.83 bits per heavy atom. The lowest BCUT2D eigenvalue weighted by atomic mass is 10.0. The van der Waals surface area contributed by atoms with Gasteiger partial charge in [0, 0.05) is 5.56 Å². The van der Waals surface area contributed by atoms with Gasteiger partial charge in [0.05, 0.1) is 23.9 Å². The van der Waals surface area contributed by atoms with Crippen LogP contribution in [-0.2, 0) is 0 Å². The summed E-state index contributed by atoms with van der Waals surface area (Å²) < 4.78 is 5.39. The highest BCUT2D eigenvalue weighted by Gasteiger charge is 2.09. The van der Waals surface area contributed by atoms with E-state index in [1.807, 2.05) is 36.4 Å². The van der Waals surface area contributed by atoms with E-state index in [4.69, 9.17) is 16.3 Å². The number of amides is 1. The lowest BCUT2D eigenvalue weighted by Crippen LogP contribution is -2.18. The van der Waals surface area contributed by atoms with Gasteiger partial charge in [0.15, 0.2) is 0 Å². The van der Waals surface area contributed by atoms with Gasteiger partial charge in [-0.05, 0) is 29.0 Å². The number of nitrogens with zero attached hydrogens (tertiary/aromatic N) is 1. The molecule has 1 N–H and O–H groups in total. The molecule has 120 valence electrons. The van der Waals surface area contributed by atoms with E-state index < -0.39 is 0 Å². The SMILES string of the molecule is COc1ccc2ccccc2c1/C=N/NC(=O)c1ccccc1Cl. The second-order valence-corrected chi connectivity index (χ2v) is 5.49. The van der Waals surface area contributed by atoms with Crippen molar-refractivity contribution >= 4 is 34.5 Å². The van der Waals surface area contributed by atoms with Gasteiger partial charge in [-0.15, -0.1) is 0 Å². The Morgan fingerprint density at radius 1 is 1.08 bits per heavy atom. The van der Waals surface area contributed by atoms with Gasteiger partial charge < -0.3 is 4.74 Å². The number of halogens is 1. The van der Waals surface area contributed by atoms with Crippen LogP contribution in [0.3, 0.4) is 0 Å². The number of fused-ring (bicyclic) bond motifs is 1. The minimum atomic E-state index is -0.365. The maximum atomic E-state index is 12.1. The predicted molar refractivity (Wildman–Crippen MR) is 97.0 cm³/mol. The van der Waals surface area contributed by atoms with E-state index >= 15 is 0 Å². The van der Waals surface area contributed by atoms with Gasteiger partial charge in [-0.3, -0.25) is 4.79 Å². The minimum Gasteiger partial charge on any atom is -0.496 e. The highest BCUT2D eigenvalue weighted by molar-refractivity contribution is 6.33. The maximum Gasteiger partial charge on any atom is 0.272 e. The van der Waals surface area contributed by atoms with E-state index in [0.717, 1.165) is 16.3 Å². The number of rotatable bonds is 4. The molecular formula is C19H15ClN2O2. The van der Waals surface area contributed by atoms with Crippen molar-refractivity contribution in [3.63, 3.8) is 0 Å². The second-order valence-electron chi connectivity index (χ2n) is 5.08. The molecule has 4 nitrogen and oxygen atoms in total. The molecule has 24 heavy (non-hydrogen) atoms. The van der Waals surface area contributed by atoms with Crippen LogP contribution in [0.5, 0.6) is 5.75 Å². The number of benzene rings is 3. The molecule has 1 amide bonds. The molecule has 0 bridgehead atoms. The Labute approximate surface area is 144 Å². The van der Waals surface area contributed by atoms with E-state index in [1.54, 1.807) is 37.6 Å². The van der Waals surface area contributed by atoms with Crippen LogP contribution in [-0.4, -0.2) is 19.2 Å². The van der Waals surface area contributed by atoms with Crippen molar-refractivity contribution in [1.82, 2.24) is 5.43 Å². The molecule has 3 aromatic carbocycles. The Balaban J connectivity index is 1.88. The predicted octanol–water partition coefficient (Wildman–Crippen LogP) is 4.27. The van der Waals surface area contributed by atoms with Gasteiger partial charge in [0.2, 0.25) is 0 Å². The standard InChI is InChI=1S/C19H15ClN2O2/c1-24-18-11-10-13-6-2-3-7-14(13)16(18)12-21-22-19(23)15-8-4-5-9-17(15)20/h2-12H,1H3,(H,22,23)/b21-12+. The first-order valence-electron chi connectivity index (χ1n) is 7.34. The van der Waals surface area contributed by atoms with E-state index in [2.05, 4.69) is 10.5 Å². The van der Waals surface area contributed by atoms with Crippen molar-refractivity contribution in [2.45, 2.75) is 0 Å². The number of hydrazone groups is 1. The van der Waals surface area contributed by atoms with Crippen LogP contribution in [0.2, 0.25) is 5.02 Å². The molecule has 0 fully saturated rings. The number of nitrogens with one attached hydrogen (secondary N) is 1. The summed E-state index contributed by atoms with van der Waals surface area (Å²) in [5, 5.41) is 6.50. The monoisotopic (exact) mass is 338 g/mol. The number of ether oxygens (including phenoxy) is 1. The molecule has 0 saturated carbocycles. The molecule has 0 aliphatic carbocycles. The van der Waals surface area contributed by atoms with Crippen molar-refractivity contribution in [2.24, 2.45) is 5.10 Å². The molecule has 0 aromatic heterocycles. The first-order chi connectivity index (χ1) is 11.7. The van der Waals surface area contributed by atoms with Gasteiger partial charge >= 0.3 is 0 Å². The van der Waals surface area contributed by atoms with Crippen molar-refractivity contribution in [3.8, 4) is 5.75 Å². The van der Waals surface area contributed by atoms with E-state index in [9.17, 15) is 4.79 Å². The molecule has 0 aliphatic heterocycles. The van der Waals surface area contributed by atoms with Gasteiger partial charge in [-0.2, -0.15) is 5.10 Å². The quantitative estimate of drug-likeness (QED) is 0.570. The van der Waals surface area contributed by atoms with Crippen molar-refractivity contribution in [3.05, 3.63) is 76.8 Å². The molecule has 0 aliphatic rings. The molecule has 0 saturated heterocycles. The lowest BCUT2D eigenvalue weighted by molar-refractivity contribution is 0.0955. The second kappa shape index (κ2) is 7.15. The summed E-state index contributed by atoms with van der Waals surface area (Å²) in [5.41, 5.74) is 3.67. The molecule has 0 atom stereocenters. The number of hydrogen-bond donors (Lipinski definition) is 1. The lowest BCUT2D eigenvalue weighted by Gasteiger charge is -2.08. The number of methoxy groups -OCH3 is 1. The van der Waals surface area contributed by atoms with Crippen LogP contribution >= 0.6 is 11.6 Å². The number of hydrogen-bond acceptors (Lipinski definition) is 3. The van der Waals surface area contributed by atoms with Gasteiger partial charge in [-0.25, -0.2) is 5.43 Å². The van der Waals surface area contributed by atoms with Crippen molar-refractivity contribution in [1.29, 1.82) is 0 Å². The molecule has 3 aromatic rings. The van der Waals surface area contributed by atoms with E-state index in [-0.39, 0.29) is 5.91 Å². The fraction of sp³-hybridized carbons (Fsp3) is 0.0526. The Hall–Kier alpha value is -2.85. The zero-order valence-corrected chi connectivity index (χ0v) is 13.7. The number of carbonyl (C=O) groups is 1. The normalized spacial score (nSPS) is 10.9. The van der Waals surface area contributed by atoms with Gasteiger partial charge in [0.25, 0.3) is 5.91 Å². The van der Waals surface area contributed by atoms with Crippen LogP contribution in [0.1, 0.15) is 15.9 Å². The van der Waals surface area contributed by atoms with Crippen LogP contribution in [0, 0.1) is 0 Å². The summed E-state index contributed by atoms with van der Waals surface area (Å²) in [7, 11) is 1.60. The third-order valence-electron chi connectivity index (χ3n) is 3.63. The third kappa shape index (κ3) is 3.24. The summed E-state index contributed by atoms with van der Waals surface area (Å²) in [4.78, 5) is 12.1. The molecular weight excluding hydrogens is 324 g/mol. The highest BCUT2D eigenvalue weighted by Crippen LogP contribution is 2.26. The topological polar surface area (TPSA) is 50.7 Å². The first-order valence-corrected chi connectivity index (χ1v) is 7.72.